The van der Waals surface area contributed by atoms with Crippen molar-refractivity contribution in [2.45, 2.75) is 39.8 Å². The van der Waals surface area contributed by atoms with Crippen LogP contribution in [0.3, 0.4) is 0 Å². The predicted octanol–water partition coefficient (Wildman–Crippen LogP) is 3.36. The van der Waals surface area contributed by atoms with E-state index < -0.39 is 0 Å². The van der Waals surface area contributed by atoms with E-state index in [2.05, 4.69) is 26.1 Å². The van der Waals surface area contributed by atoms with E-state index in [1.54, 1.807) is 6.07 Å². The molecule has 4 heteroatoms. The zero-order valence-electron chi connectivity index (χ0n) is 13.5. The first kappa shape index (κ1) is 16.9. The monoisotopic (exact) mass is 319 g/mol. The van der Waals surface area contributed by atoms with Crippen LogP contribution in [0.4, 0.5) is 4.39 Å². The maximum Gasteiger partial charge on any atom is 0.126 e. The van der Waals surface area contributed by atoms with Gasteiger partial charge in [-0.25, -0.2) is 4.39 Å². The lowest BCUT2D eigenvalue weighted by molar-refractivity contribution is 0.424. The first-order valence-corrected chi connectivity index (χ1v) is 8.35. The van der Waals surface area contributed by atoms with Gasteiger partial charge >= 0.3 is 0 Å². The molecule has 1 unspecified atom stereocenters. The second-order valence-corrected chi connectivity index (χ2v) is 7.83. The lowest BCUT2D eigenvalue weighted by Gasteiger charge is -2.22. The van der Waals surface area contributed by atoms with Gasteiger partial charge in [0.05, 0.1) is 0 Å². The van der Waals surface area contributed by atoms with Gasteiger partial charge in [-0.15, -0.1) is 0 Å². The summed E-state index contributed by atoms with van der Waals surface area (Å²) >= 11 is 0. The summed E-state index contributed by atoms with van der Waals surface area (Å²) in [5, 5.41) is 15.5. The van der Waals surface area contributed by atoms with E-state index in [1.165, 1.54) is 6.07 Å². The van der Waals surface area contributed by atoms with Crippen molar-refractivity contribution >= 4 is 19.2 Å². The van der Waals surface area contributed by atoms with E-state index in [9.17, 15) is 9.50 Å². The molecule has 0 saturated carbocycles. The van der Waals surface area contributed by atoms with Crippen molar-refractivity contribution in [3.63, 3.8) is 0 Å². The summed E-state index contributed by atoms with van der Waals surface area (Å²) in [5.74, 6) is 0.104. The van der Waals surface area contributed by atoms with Crippen LogP contribution in [0.5, 0.6) is 5.75 Å². The van der Waals surface area contributed by atoms with Gasteiger partial charge in [0.2, 0.25) is 0 Å². The van der Waals surface area contributed by atoms with Crippen molar-refractivity contribution in [3.8, 4) is 5.75 Å². The predicted molar refractivity (Wildman–Crippen MR) is 93.4 cm³/mol. The summed E-state index contributed by atoms with van der Waals surface area (Å²) in [7, 11) is 0.304. The zero-order chi connectivity index (χ0) is 16.3. The molecule has 2 nitrogen and oxygen atoms in total. The first-order valence-electron chi connectivity index (χ1n) is 7.35. The van der Waals surface area contributed by atoms with Gasteiger partial charge in [0.25, 0.3) is 0 Å². The number of hydrogen-bond acceptors (Lipinski definition) is 2. The second-order valence-electron chi connectivity index (χ2n) is 6.50. The van der Waals surface area contributed by atoms with Crippen LogP contribution >= 0.6 is 8.58 Å². The first-order chi connectivity index (χ1) is 10.3. The van der Waals surface area contributed by atoms with Gasteiger partial charge in [-0.05, 0) is 56.3 Å². The lowest BCUT2D eigenvalue weighted by atomic mass is 10.1. The van der Waals surface area contributed by atoms with Crippen LogP contribution < -0.4 is 15.9 Å². The van der Waals surface area contributed by atoms with Crippen LogP contribution in [0.1, 0.15) is 31.9 Å². The SMILES string of the molecule is Cc1cccc(Pc2ccc(F)cc2CNC(C)(C)C)c1O. The number of para-hydroxylation sites is 1. The molecule has 2 aromatic carbocycles. The Balaban J connectivity index is 2.28. The molecule has 0 saturated heterocycles. The molecule has 0 spiro atoms. The van der Waals surface area contributed by atoms with Crippen molar-refractivity contribution in [1.29, 1.82) is 0 Å². The highest BCUT2D eigenvalue weighted by Gasteiger charge is 2.13. The summed E-state index contributed by atoms with van der Waals surface area (Å²) in [5.41, 5.74) is 1.77. The van der Waals surface area contributed by atoms with E-state index in [-0.39, 0.29) is 11.4 Å². The van der Waals surface area contributed by atoms with Crippen molar-refractivity contribution < 1.29 is 9.50 Å². The van der Waals surface area contributed by atoms with Crippen LogP contribution in [0.2, 0.25) is 0 Å². The minimum Gasteiger partial charge on any atom is -0.507 e. The molecule has 2 N–H and O–H groups in total. The van der Waals surface area contributed by atoms with Gasteiger partial charge in [-0.3, -0.25) is 0 Å². The van der Waals surface area contributed by atoms with Gasteiger partial charge in [-0.1, -0.05) is 32.8 Å². The molecule has 1 atom stereocenters. The van der Waals surface area contributed by atoms with Crippen LogP contribution in [0.15, 0.2) is 36.4 Å². The third-order valence-corrected chi connectivity index (χ3v) is 4.81. The maximum absolute atomic E-state index is 13.6. The average molecular weight is 319 g/mol. The molecule has 2 aromatic rings. The van der Waals surface area contributed by atoms with Gasteiger partial charge in [0.15, 0.2) is 0 Å². The highest BCUT2D eigenvalue weighted by atomic mass is 31.1. The molecule has 0 radical (unpaired) electrons. The van der Waals surface area contributed by atoms with Gasteiger partial charge in [-0.2, -0.15) is 0 Å². The fourth-order valence-corrected chi connectivity index (χ4v) is 3.37. The molecule has 2 rings (SSSR count). The number of aromatic hydroxyl groups is 1. The van der Waals surface area contributed by atoms with E-state index in [1.807, 2.05) is 31.2 Å². The normalized spacial score (nSPS) is 12.2. The Morgan fingerprint density at radius 1 is 1.14 bits per heavy atom. The maximum atomic E-state index is 13.6. The number of benzene rings is 2. The van der Waals surface area contributed by atoms with Gasteiger partial charge < -0.3 is 10.4 Å². The summed E-state index contributed by atoms with van der Waals surface area (Å²) < 4.78 is 13.6. The summed E-state index contributed by atoms with van der Waals surface area (Å²) in [6.45, 7) is 8.74. The zero-order valence-corrected chi connectivity index (χ0v) is 14.5. The molecule has 0 heterocycles. The molecule has 118 valence electrons. The number of halogens is 1. The van der Waals surface area contributed by atoms with Crippen molar-refractivity contribution in [2.75, 3.05) is 0 Å². The molecule has 22 heavy (non-hydrogen) atoms. The highest BCUT2D eigenvalue weighted by molar-refractivity contribution is 7.55. The third kappa shape index (κ3) is 4.53. The number of hydrogen-bond donors (Lipinski definition) is 2. The number of nitrogens with one attached hydrogen (secondary N) is 1. The van der Waals surface area contributed by atoms with Crippen LogP contribution in [0.25, 0.3) is 0 Å². The minimum absolute atomic E-state index is 0.0296. The third-order valence-electron chi connectivity index (χ3n) is 3.38. The van der Waals surface area contributed by atoms with Crippen molar-refractivity contribution in [1.82, 2.24) is 5.32 Å². The molecule has 0 aliphatic rings. The van der Waals surface area contributed by atoms with E-state index in [0.717, 1.165) is 21.7 Å². The summed E-state index contributed by atoms with van der Waals surface area (Å²) in [6.07, 6.45) is 0. The van der Waals surface area contributed by atoms with Crippen LogP contribution in [-0.4, -0.2) is 10.6 Å². The Bertz CT molecular complexity index is 665. The molecule has 0 amide bonds. The standard InChI is InChI=1S/C18H23FNOP/c1-12-6-5-7-16(17(12)21)22-15-9-8-14(19)10-13(15)11-20-18(2,3)4/h5-10,20-22H,11H2,1-4H3. The van der Waals surface area contributed by atoms with Crippen molar-refractivity contribution in [3.05, 3.63) is 53.3 Å². The van der Waals surface area contributed by atoms with E-state index in [0.29, 0.717) is 20.9 Å². The van der Waals surface area contributed by atoms with Gasteiger partial charge in [0, 0.05) is 17.4 Å². The molecule has 0 bridgehead atoms. The van der Waals surface area contributed by atoms with Crippen molar-refractivity contribution in [2.24, 2.45) is 0 Å². The summed E-state index contributed by atoms with van der Waals surface area (Å²) in [6, 6.07) is 10.6. The second kappa shape index (κ2) is 6.76. The lowest BCUT2D eigenvalue weighted by Crippen LogP contribution is -2.36. The fourth-order valence-electron chi connectivity index (χ4n) is 2.10. The quantitative estimate of drug-likeness (QED) is 0.847. The topological polar surface area (TPSA) is 32.3 Å². The molecular formula is C18H23FNOP. The molecule has 0 aliphatic carbocycles. The molecule has 0 fully saturated rings. The van der Waals surface area contributed by atoms with E-state index in [4.69, 9.17) is 0 Å². The number of rotatable bonds is 4. The smallest absolute Gasteiger partial charge is 0.126 e. The van der Waals surface area contributed by atoms with Gasteiger partial charge in [0.1, 0.15) is 11.6 Å². The van der Waals surface area contributed by atoms with Crippen LogP contribution in [0, 0.1) is 12.7 Å². The molecular weight excluding hydrogens is 296 g/mol. The Morgan fingerprint density at radius 2 is 1.86 bits per heavy atom. The summed E-state index contributed by atoms with van der Waals surface area (Å²) in [4.78, 5) is 0. The largest absolute Gasteiger partial charge is 0.507 e. The number of phenolic OH excluding ortho intramolecular Hbond substituents is 1. The van der Waals surface area contributed by atoms with Crippen LogP contribution in [-0.2, 0) is 6.54 Å². The Kier molecular flexibility index (Phi) is 5.20. The fraction of sp³-hybridized carbons (Fsp3) is 0.333. The average Bonchev–Trinajstić information content (AvgIpc) is 2.43. The molecule has 0 aliphatic heterocycles. The number of aryl methyl sites for hydroxylation is 1. The number of phenols is 1. The minimum atomic E-state index is -0.229. The Hall–Kier alpha value is -1.44. The van der Waals surface area contributed by atoms with E-state index >= 15 is 0 Å². The molecule has 0 aromatic heterocycles. The Morgan fingerprint density at radius 3 is 2.55 bits per heavy atom. The Labute approximate surface area is 133 Å². The highest BCUT2D eigenvalue weighted by Crippen LogP contribution is 2.23.